The Morgan fingerprint density at radius 2 is 2.22 bits per heavy atom. The number of carbonyl (C=O) groups is 1. The number of pyridine rings is 1. The summed E-state index contributed by atoms with van der Waals surface area (Å²) in [5, 5.41) is 13.0. The standard InChI is InChI=1S/C17H21N3O3/c1-10-3-4-15-13(5-10)14(7-16(22)19-15)17(23)18-11-6-12(9-21)20(2)8-11/h3-5,7,11-12,21H,6,8-9H2,1-2H3,(H,18,23)(H,19,22)/t11-,12+/m1/s1. The van der Waals surface area contributed by atoms with Crippen LogP contribution in [0.5, 0.6) is 0 Å². The number of likely N-dealkylation sites (tertiary alicyclic amines) is 1. The molecule has 0 radical (unpaired) electrons. The third kappa shape index (κ3) is 3.13. The SMILES string of the molecule is Cc1ccc2[nH]c(=O)cc(C(=O)N[C@@H]3C[C@@H](CO)N(C)C3)c2c1. The predicted octanol–water partition coefficient (Wildman–Crippen LogP) is 0.631. The summed E-state index contributed by atoms with van der Waals surface area (Å²) >= 11 is 0. The second kappa shape index (κ2) is 6.14. The lowest BCUT2D eigenvalue weighted by Crippen LogP contribution is -2.37. The molecule has 0 aliphatic carbocycles. The number of likely N-dealkylation sites (N-methyl/N-ethyl adjacent to an activating group) is 1. The first kappa shape index (κ1) is 15.7. The van der Waals surface area contributed by atoms with Crippen molar-refractivity contribution in [1.29, 1.82) is 0 Å². The van der Waals surface area contributed by atoms with Gasteiger partial charge in [0.25, 0.3) is 5.91 Å². The lowest BCUT2D eigenvalue weighted by atomic mass is 10.1. The molecular weight excluding hydrogens is 294 g/mol. The van der Waals surface area contributed by atoms with Crippen LogP contribution in [0.15, 0.2) is 29.1 Å². The number of H-pyrrole nitrogens is 1. The van der Waals surface area contributed by atoms with E-state index in [1.807, 2.05) is 37.1 Å². The smallest absolute Gasteiger partial charge is 0.252 e. The number of hydrogen-bond donors (Lipinski definition) is 3. The highest BCUT2D eigenvalue weighted by Crippen LogP contribution is 2.19. The van der Waals surface area contributed by atoms with Crippen LogP contribution < -0.4 is 10.9 Å². The Hall–Kier alpha value is -2.18. The van der Waals surface area contributed by atoms with E-state index in [-0.39, 0.29) is 30.2 Å². The van der Waals surface area contributed by atoms with Crippen molar-refractivity contribution in [3.8, 4) is 0 Å². The van der Waals surface area contributed by atoms with Crippen molar-refractivity contribution < 1.29 is 9.90 Å². The fraction of sp³-hybridized carbons (Fsp3) is 0.412. The Kier molecular flexibility index (Phi) is 4.19. The van der Waals surface area contributed by atoms with E-state index in [1.165, 1.54) is 6.07 Å². The zero-order valence-corrected chi connectivity index (χ0v) is 13.3. The molecule has 1 amide bonds. The molecule has 122 valence electrons. The number of aromatic nitrogens is 1. The topological polar surface area (TPSA) is 85.4 Å². The Bertz CT molecular complexity index is 799. The number of aliphatic hydroxyl groups is 1. The van der Waals surface area contributed by atoms with Crippen molar-refractivity contribution in [2.45, 2.75) is 25.4 Å². The van der Waals surface area contributed by atoms with E-state index < -0.39 is 0 Å². The number of rotatable bonds is 3. The maximum Gasteiger partial charge on any atom is 0.252 e. The molecule has 0 bridgehead atoms. The number of nitrogens with one attached hydrogen (secondary N) is 2. The number of carbonyl (C=O) groups excluding carboxylic acids is 1. The van der Waals surface area contributed by atoms with Crippen LogP contribution in [-0.2, 0) is 0 Å². The van der Waals surface area contributed by atoms with Crippen LogP contribution in [-0.4, -0.2) is 53.2 Å². The summed E-state index contributed by atoms with van der Waals surface area (Å²) in [6.07, 6.45) is 0.707. The van der Waals surface area contributed by atoms with E-state index in [0.29, 0.717) is 24.0 Å². The van der Waals surface area contributed by atoms with Crippen molar-refractivity contribution in [3.63, 3.8) is 0 Å². The highest BCUT2D eigenvalue weighted by Gasteiger charge is 2.30. The van der Waals surface area contributed by atoms with E-state index in [4.69, 9.17) is 0 Å². The molecule has 1 saturated heterocycles. The number of aromatic amines is 1. The van der Waals surface area contributed by atoms with Gasteiger partial charge in [-0.3, -0.25) is 14.5 Å². The molecule has 2 heterocycles. The first-order valence-corrected chi connectivity index (χ1v) is 7.73. The monoisotopic (exact) mass is 315 g/mol. The zero-order valence-electron chi connectivity index (χ0n) is 13.3. The molecule has 6 nitrogen and oxygen atoms in total. The summed E-state index contributed by atoms with van der Waals surface area (Å²) in [7, 11) is 1.93. The minimum atomic E-state index is -0.289. The maximum atomic E-state index is 12.6. The molecule has 2 atom stereocenters. The minimum Gasteiger partial charge on any atom is -0.395 e. The largest absolute Gasteiger partial charge is 0.395 e. The van der Waals surface area contributed by atoms with Crippen LogP contribution in [0.3, 0.4) is 0 Å². The average Bonchev–Trinajstić information content (AvgIpc) is 2.86. The van der Waals surface area contributed by atoms with Crippen LogP contribution in [0.4, 0.5) is 0 Å². The fourth-order valence-corrected chi connectivity index (χ4v) is 3.22. The molecule has 3 rings (SSSR count). The van der Waals surface area contributed by atoms with Crippen LogP contribution in [0, 0.1) is 6.92 Å². The molecule has 1 aromatic carbocycles. The second-order valence-electron chi connectivity index (χ2n) is 6.28. The predicted molar refractivity (Wildman–Crippen MR) is 88.7 cm³/mol. The first-order valence-electron chi connectivity index (χ1n) is 7.73. The van der Waals surface area contributed by atoms with E-state index >= 15 is 0 Å². The van der Waals surface area contributed by atoms with E-state index in [1.54, 1.807) is 0 Å². The van der Waals surface area contributed by atoms with Gasteiger partial charge < -0.3 is 15.4 Å². The van der Waals surface area contributed by atoms with Crippen LogP contribution in [0.1, 0.15) is 22.3 Å². The molecule has 1 aromatic heterocycles. The van der Waals surface area contributed by atoms with Crippen molar-refractivity contribution in [3.05, 3.63) is 45.7 Å². The maximum absolute atomic E-state index is 12.6. The van der Waals surface area contributed by atoms with Gasteiger partial charge in [0, 0.05) is 35.6 Å². The van der Waals surface area contributed by atoms with Gasteiger partial charge in [-0.05, 0) is 32.5 Å². The number of amides is 1. The van der Waals surface area contributed by atoms with Crippen LogP contribution >= 0.6 is 0 Å². The Morgan fingerprint density at radius 1 is 1.43 bits per heavy atom. The van der Waals surface area contributed by atoms with Crippen LogP contribution in [0.25, 0.3) is 10.9 Å². The molecule has 6 heteroatoms. The Balaban J connectivity index is 1.89. The highest BCUT2D eigenvalue weighted by atomic mass is 16.3. The number of hydrogen-bond acceptors (Lipinski definition) is 4. The molecule has 0 unspecified atom stereocenters. The van der Waals surface area contributed by atoms with E-state index in [9.17, 15) is 14.7 Å². The number of nitrogens with zero attached hydrogens (tertiary/aromatic N) is 1. The van der Waals surface area contributed by atoms with Gasteiger partial charge in [-0.25, -0.2) is 0 Å². The number of benzene rings is 1. The van der Waals surface area contributed by atoms with Gasteiger partial charge in [0.1, 0.15) is 0 Å². The summed E-state index contributed by atoms with van der Waals surface area (Å²) in [6.45, 7) is 2.72. The third-order valence-corrected chi connectivity index (χ3v) is 4.48. The Morgan fingerprint density at radius 3 is 2.91 bits per heavy atom. The molecule has 2 aromatic rings. The third-order valence-electron chi connectivity index (χ3n) is 4.48. The van der Waals surface area contributed by atoms with Crippen LogP contribution in [0.2, 0.25) is 0 Å². The summed E-state index contributed by atoms with van der Waals surface area (Å²) in [4.78, 5) is 29.2. The molecule has 23 heavy (non-hydrogen) atoms. The number of aliphatic hydroxyl groups excluding tert-OH is 1. The fourth-order valence-electron chi connectivity index (χ4n) is 3.22. The molecule has 1 aliphatic rings. The van der Waals surface area contributed by atoms with Gasteiger partial charge >= 0.3 is 0 Å². The summed E-state index contributed by atoms with van der Waals surface area (Å²) in [6, 6.07) is 7.00. The highest BCUT2D eigenvalue weighted by molar-refractivity contribution is 6.06. The van der Waals surface area contributed by atoms with Gasteiger partial charge in [-0.15, -0.1) is 0 Å². The lowest BCUT2D eigenvalue weighted by Gasteiger charge is -2.15. The first-order chi connectivity index (χ1) is 11.0. The van der Waals surface area contributed by atoms with Crippen molar-refractivity contribution in [2.24, 2.45) is 0 Å². The van der Waals surface area contributed by atoms with Gasteiger partial charge in [0.15, 0.2) is 0 Å². The van der Waals surface area contributed by atoms with Crippen molar-refractivity contribution >= 4 is 16.8 Å². The number of fused-ring (bicyclic) bond motifs is 1. The zero-order chi connectivity index (χ0) is 16.6. The molecule has 3 N–H and O–H groups in total. The normalized spacial score (nSPS) is 21.7. The average molecular weight is 315 g/mol. The van der Waals surface area contributed by atoms with Crippen molar-refractivity contribution in [2.75, 3.05) is 20.2 Å². The van der Waals surface area contributed by atoms with Crippen molar-refractivity contribution in [1.82, 2.24) is 15.2 Å². The van der Waals surface area contributed by atoms with Gasteiger partial charge in [-0.1, -0.05) is 11.6 Å². The summed E-state index contributed by atoms with van der Waals surface area (Å²) in [5.41, 5.74) is 1.79. The summed E-state index contributed by atoms with van der Waals surface area (Å²) < 4.78 is 0. The van der Waals surface area contributed by atoms with Gasteiger partial charge in [-0.2, -0.15) is 0 Å². The number of aryl methyl sites for hydroxylation is 1. The van der Waals surface area contributed by atoms with Gasteiger partial charge in [0.05, 0.1) is 12.2 Å². The second-order valence-corrected chi connectivity index (χ2v) is 6.28. The molecule has 0 saturated carbocycles. The molecular formula is C17H21N3O3. The quantitative estimate of drug-likeness (QED) is 0.775. The Labute approximate surface area is 134 Å². The van der Waals surface area contributed by atoms with Gasteiger partial charge in [0.2, 0.25) is 5.56 Å². The lowest BCUT2D eigenvalue weighted by molar-refractivity contribution is 0.0940. The molecule has 0 spiro atoms. The van der Waals surface area contributed by atoms with E-state index in [0.717, 1.165) is 10.9 Å². The summed E-state index contributed by atoms with van der Waals surface area (Å²) in [5.74, 6) is -0.247. The molecule has 1 aliphatic heterocycles. The minimum absolute atomic E-state index is 0.0243. The molecule has 1 fully saturated rings. The van der Waals surface area contributed by atoms with E-state index in [2.05, 4.69) is 10.3 Å².